The number of rotatable bonds is 5. The van der Waals surface area contributed by atoms with Gasteiger partial charge in [0.1, 0.15) is 5.75 Å². The molecule has 0 spiro atoms. The van der Waals surface area contributed by atoms with Crippen molar-refractivity contribution in [1.29, 1.82) is 0 Å². The molecule has 3 aromatic carbocycles. The molecule has 0 fully saturated rings. The first-order valence-corrected chi connectivity index (χ1v) is 8.41. The van der Waals surface area contributed by atoms with Crippen LogP contribution in [0.1, 0.15) is 26.3 Å². The van der Waals surface area contributed by atoms with Crippen LogP contribution in [0.15, 0.2) is 60.7 Å². The zero-order valence-electron chi connectivity index (χ0n) is 15.2. The van der Waals surface area contributed by atoms with E-state index in [-0.39, 0.29) is 0 Å². The Labute approximate surface area is 157 Å². The molecule has 0 saturated heterocycles. The second kappa shape index (κ2) is 7.33. The number of para-hydroxylation sites is 1. The summed E-state index contributed by atoms with van der Waals surface area (Å²) in [5.41, 5.74) is 15.9. The number of amides is 2. The monoisotopic (exact) mass is 360 g/mol. The van der Waals surface area contributed by atoms with Crippen LogP contribution in [-0.4, -0.2) is 18.9 Å². The van der Waals surface area contributed by atoms with Crippen molar-refractivity contribution in [1.82, 2.24) is 0 Å². The van der Waals surface area contributed by atoms with Gasteiger partial charge in [0.15, 0.2) is 0 Å². The minimum atomic E-state index is -0.524. The molecule has 3 aromatic rings. The van der Waals surface area contributed by atoms with E-state index in [1.807, 2.05) is 43.3 Å². The first kappa shape index (κ1) is 18.2. The predicted molar refractivity (Wildman–Crippen MR) is 106 cm³/mol. The molecule has 0 bridgehead atoms. The van der Waals surface area contributed by atoms with Gasteiger partial charge in [-0.1, -0.05) is 36.4 Å². The molecule has 3 rings (SSSR count). The van der Waals surface area contributed by atoms with E-state index < -0.39 is 11.8 Å². The third kappa shape index (κ3) is 3.40. The molecule has 0 unspecified atom stereocenters. The van der Waals surface area contributed by atoms with Crippen LogP contribution in [0.4, 0.5) is 0 Å². The average molecular weight is 360 g/mol. The van der Waals surface area contributed by atoms with Crippen LogP contribution in [0.25, 0.3) is 22.3 Å². The van der Waals surface area contributed by atoms with Crippen LogP contribution >= 0.6 is 0 Å². The van der Waals surface area contributed by atoms with Gasteiger partial charge in [0.2, 0.25) is 11.8 Å². The summed E-state index contributed by atoms with van der Waals surface area (Å²) in [6.07, 6.45) is 0. The summed E-state index contributed by atoms with van der Waals surface area (Å²) >= 11 is 0. The second-order valence-electron chi connectivity index (χ2n) is 6.19. The highest BCUT2D eigenvalue weighted by molar-refractivity contribution is 6.05. The number of benzene rings is 3. The van der Waals surface area contributed by atoms with E-state index in [1.165, 1.54) is 0 Å². The van der Waals surface area contributed by atoms with Gasteiger partial charge in [-0.3, -0.25) is 9.59 Å². The maximum atomic E-state index is 12.1. The summed E-state index contributed by atoms with van der Waals surface area (Å²) in [7, 11) is 1.58. The van der Waals surface area contributed by atoms with E-state index >= 15 is 0 Å². The lowest BCUT2D eigenvalue weighted by Gasteiger charge is -2.18. The highest BCUT2D eigenvalue weighted by atomic mass is 16.5. The Kier molecular flexibility index (Phi) is 4.94. The van der Waals surface area contributed by atoms with Crippen molar-refractivity contribution in [2.75, 3.05) is 7.11 Å². The first-order chi connectivity index (χ1) is 12.9. The van der Waals surface area contributed by atoms with E-state index in [9.17, 15) is 9.59 Å². The number of carbonyl (C=O) groups excluding carboxylic acids is 2. The number of hydrogen-bond acceptors (Lipinski definition) is 3. The number of methoxy groups -OCH3 is 1. The molecule has 0 heterocycles. The normalized spacial score (nSPS) is 10.4. The minimum Gasteiger partial charge on any atom is -0.496 e. The Hall–Kier alpha value is -3.60. The molecule has 0 atom stereocenters. The van der Waals surface area contributed by atoms with Gasteiger partial charge >= 0.3 is 0 Å². The Bertz CT molecular complexity index is 1040. The number of ether oxygens (including phenoxy) is 1. The molecule has 0 aromatic heterocycles. The molecule has 0 saturated carbocycles. The predicted octanol–water partition coefficient (Wildman–Crippen LogP) is 3.54. The SMILES string of the molecule is COc1ccccc1-c1c(C(N)=O)cccc1-c1ccc(C(N)=O)cc1C. The number of primary amides is 2. The summed E-state index contributed by atoms with van der Waals surface area (Å²) < 4.78 is 5.49. The smallest absolute Gasteiger partial charge is 0.249 e. The van der Waals surface area contributed by atoms with E-state index in [0.29, 0.717) is 22.4 Å². The molecule has 2 amide bonds. The van der Waals surface area contributed by atoms with Gasteiger partial charge in [0.05, 0.1) is 7.11 Å². The number of nitrogens with two attached hydrogens (primary N) is 2. The van der Waals surface area contributed by atoms with Crippen molar-refractivity contribution in [3.63, 3.8) is 0 Å². The first-order valence-electron chi connectivity index (χ1n) is 8.41. The molecular formula is C22H20N2O3. The minimum absolute atomic E-state index is 0.398. The van der Waals surface area contributed by atoms with Gasteiger partial charge in [-0.05, 0) is 47.9 Å². The Morgan fingerprint density at radius 2 is 1.52 bits per heavy atom. The molecule has 5 heteroatoms. The molecule has 0 aliphatic heterocycles. The number of aryl methyl sites for hydroxylation is 1. The molecule has 0 aliphatic rings. The van der Waals surface area contributed by atoms with Gasteiger partial charge in [0, 0.05) is 22.3 Å². The van der Waals surface area contributed by atoms with Crippen molar-refractivity contribution in [3.8, 4) is 28.0 Å². The fourth-order valence-corrected chi connectivity index (χ4v) is 3.24. The lowest BCUT2D eigenvalue weighted by atomic mass is 9.87. The molecule has 27 heavy (non-hydrogen) atoms. The fraction of sp³-hybridized carbons (Fsp3) is 0.0909. The van der Waals surface area contributed by atoms with E-state index in [1.54, 1.807) is 31.4 Å². The van der Waals surface area contributed by atoms with Crippen LogP contribution in [-0.2, 0) is 0 Å². The van der Waals surface area contributed by atoms with Crippen molar-refractivity contribution >= 4 is 11.8 Å². The standard InChI is InChI=1S/C22H20N2O3/c1-13-12-14(21(23)25)10-11-15(13)16-7-5-8-18(22(24)26)20(16)17-6-3-4-9-19(17)27-2/h3-12H,1-2H3,(H2,23,25)(H2,24,26). The highest BCUT2D eigenvalue weighted by Crippen LogP contribution is 2.40. The number of hydrogen-bond donors (Lipinski definition) is 2. The van der Waals surface area contributed by atoms with Crippen LogP contribution in [0.2, 0.25) is 0 Å². The second-order valence-corrected chi connectivity index (χ2v) is 6.19. The third-order valence-corrected chi connectivity index (χ3v) is 4.51. The largest absolute Gasteiger partial charge is 0.496 e. The van der Waals surface area contributed by atoms with Crippen LogP contribution < -0.4 is 16.2 Å². The Morgan fingerprint density at radius 3 is 2.15 bits per heavy atom. The number of carbonyl (C=O) groups is 2. The van der Waals surface area contributed by atoms with Gasteiger partial charge in [0.25, 0.3) is 0 Å². The van der Waals surface area contributed by atoms with Crippen LogP contribution in [0, 0.1) is 6.92 Å². The maximum absolute atomic E-state index is 12.1. The Morgan fingerprint density at radius 1 is 0.815 bits per heavy atom. The lowest BCUT2D eigenvalue weighted by Crippen LogP contribution is -2.13. The summed E-state index contributed by atoms with van der Waals surface area (Å²) in [5.74, 6) is -0.372. The summed E-state index contributed by atoms with van der Waals surface area (Å²) in [4.78, 5) is 23.6. The molecule has 5 nitrogen and oxygen atoms in total. The molecular weight excluding hydrogens is 340 g/mol. The van der Waals surface area contributed by atoms with E-state index in [4.69, 9.17) is 16.2 Å². The molecule has 136 valence electrons. The van der Waals surface area contributed by atoms with Gasteiger partial charge in [-0.15, -0.1) is 0 Å². The third-order valence-electron chi connectivity index (χ3n) is 4.51. The zero-order chi connectivity index (χ0) is 19.6. The Balaban J connectivity index is 2.34. The van der Waals surface area contributed by atoms with Crippen molar-refractivity contribution in [3.05, 3.63) is 77.4 Å². The topological polar surface area (TPSA) is 95.4 Å². The quantitative estimate of drug-likeness (QED) is 0.728. The van der Waals surface area contributed by atoms with Gasteiger partial charge in [-0.25, -0.2) is 0 Å². The van der Waals surface area contributed by atoms with E-state index in [0.717, 1.165) is 22.3 Å². The van der Waals surface area contributed by atoms with Gasteiger partial charge < -0.3 is 16.2 Å². The van der Waals surface area contributed by atoms with Gasteiger partial charge in [-0.2, -0.15) is 0 Å². The van der Waals surface area contributed by atoms with Crippen LogP contribution in [0.3, 0.4) is 0 Å². The summed E-state index contributed by atoms with van der Waals surface area (Å²) in [5, 5.41) is 0. The fourth-order valence-electron chi connectivity index (χ4n) is 3.24. The molecule has 0 aliphatic carbocycles. The summed E-state index contributed by atoms with van der Waals surface area (Å²) in [6, 6.07) is 18.1. The van der Waals surface area contributed by atoms with Crippen molar-refractivity contribution in [2.24, 2.45) is 11.5 Å². The maximum Gasteiger partial charge on any atom is 0.249 e. The van der Waals surface area contributed by atoms with Crippen molar-refractivity contribution in [2.45, 2.75) is 6.92 Å². The van der Waals surface area contributed by atoms with E-state index in [2.05, 4.69) is 0 Å². The van der Waals surface area contributed by atoms with Crippen LogP contribution in [0.5, 0.6) is 5.75 Å². The highest BCUT2D eigenvalue weighted by Gasteiger charge is 2.19. The zero-order valence-corrected chi connectivity index (χ0v) is 15.2. The molecule has 0 radical (unpaired) electrons. The van der Waals surface area contributed by atoms with Crippen molar-refractivity contribution < 1.29 is 14.3 Å². The lowest BCUT2D eigenvalue weighted by molar-refractivity contribution is 0.0992. The molecule has 4 N–H and O–H groups in total. The summed E-state index contributed by atoms with van der Waals surface area (Å²) in [6.45, 7) is 1.89. The average Bonchev–Trinajstić information content (AvgIpc) is 2.67.